The Kier molecular flexibility index (Phi) is 4.11. The van der Waals surface area contributed by atoms with Crippen LogP contribution in [0.2, 0.25) is 5.02 Å². The predicted octanol–water partition coefficient (Wildman–Crippen LogP) is 3.27. The summed E-state index contributed by atoms with van der Waals surface area (Å²) in [5, 5.41) is 3.70. The molecular weight excluding hydrogens is 336 g/mol. The van der Waals surface area contributed by atoms with Crippen molar-refractivity contribution >= 4 is 56.4 Å². The standard InChI is InChI=1S/C11H8BrClN4S/c12-7-5-6(13)1-2-8(7)16-11-15-4-3-9(17-11)10(14)18/h1-5H,(H2,14,18)(H,15,16,17). The van der Waals surface area contributed by atoms with Crippen LogP contribution in [0, 0.1) is 0 Å². The number of aromatic nitrogens is 2. The van der Waals surface area contributed by atoms with Crippen LogP contribution in [-0.4, -0.2) is 15.0 Å². The Hall–Kier alpha value is -1.24. The highest BCUT2D eigenvalue weighted by Gasteiger charge is 2.05. The quantitative estimate of drug-likeness (QED) is 0.837. The molecule has 0 atom stereocenters. The minimum Gasteiger partial charge on any atom is -0.388 e. The summed E-state index contributed by atoms with van der Waals surface area (Å²) in [6.07, 6.45) is 1.59. The number of rotatable bonds is 3. The van der Waals surface area contributed by atoms with Crippen molar-refractivity contribution < 1.29 is 0 Å². The van der Waals surface area contributed by atoms with Gasteiger partial charge in [0.25, 0.3) is 0 Å². The van der Waals surface area contributed by atoms with E-state index in [1.54, 1.807) is 24.4 Å². The highest BCUT2D eigenvalue weighted by atomic mass is 79.9. The number of halogens is 2. The van der Waals surface area contributed by atoms with Gasteiger partial charge in [0.2, 0.25) is 5.95 Å². The summed E-state index contributed by atoms with van der Waals surface area (Å²) >= 11 is 14.1. The molecule has 4 nitrogen and oxygen atoms in total. The third-order valence-electron chi connectivity index (χ3n) is 2.09. The van der Waals surface area contributed by atoms with Crippen molar-refractivity contribution in [3.8, 4) is 0 Å². The predicted molar refractivity (Wildman–Crippen MR) is 80.4 cm³/mol. The molecule has 0 bridgehead atoms. The molecule has 2 rings (SSSR count). The van der Waals surface area contributed by atoms with E-state index < -0.39 is 0 Å². The minimum atomic E-state index is 0.232. The lowest BCUT2D eigenvalue weighted by molar-refractivity contribution is 1.15. The van der Waals surface area contributed by atoms with Crippen LogP contribution in [0.15, 0.2) is 34.9 Å². The molecule has 0 unspecified atom stereocenters. The zero-order chi connectivity index (χ0) is 13.1. The Balaban J connectivity index is 2.28. The van der Waals surface area contributed by atoms with Gasteiger partial charge in [0.15, 0.2) is 0 Å². The average molecular weight is 344 g/mol. The largest absolute Gasteiger partial charge is 0.388 e. The molecule has 2 aromatic rings. The fourth-order valence-electron chi connectivity index (χ4n) is 1.27. The van der Waals surface area contributed by atoms with Crippen molar-refractivity contribution in [2.45, 2.75) is 0 Å². The molecule has 92 valence electrons. The lowest BCUT2D eigenvalue weighted by Gasteiger charge is -2.08. The van der Waals surface area contributed by atoms with Crippen molar-refractivity contribution in [2.24, 2.45) is 5.73 Å². The van der Waals surface area contributed by atoms with Crippen molar-refractivity contribution in [1.29, 1.82) is 0 Å². The molecule has 3 N–H and O–H groups in total. The van der Waals surface area contributed by atoms with Gasteiger partial charge in [-0.1, -0.05) is 23.8 Å². The summed E-state index contributed by atoms with van der Waals surface area (Å²) in [7, 11) is 0. The van der Waals surface area contributed by atoms with Gasteiger partial charge in [-0.3, -0.25) is 0 Å². The van der Waals surface area contributed by atoms with Gasteiger partial charge in [0.05, 0.1) is 5.69 Å². The molecule has 7 heteroatoms. The maximum Gasteiger partial charge on any atom is 0.227 e. The third-order valence-corrected chi connectivity index (χ3v) is 3.19. The molecule has 1 aromatic carbocycles. The van der Waals surface area contributed by atoms with E-state index in [1.165, 1.54) is 0 Å². The monoisotopic (exact) mass is 342 g/mol. The Morgan fingerprint density at radius 1 is 1.39 bits per heavy atom. The molecular formula is C11H8BrClN4S. The van der Waals surface area contributed by atoms with Crippen LogP contribution in [-0.2, 0) is 0 Å². The number of nitrogens with two attached hydrogens (primary N) is 1. The molecule has 1 aromatic heterocycles. The number of nitrogens with zero attached hydrogens (tertiary/aromatic N) is 2. The van der Waals surface area contributed by atoms with Crippen molar-refractivity contribution in [3.05, 3.63) is 45.7 Å². The van der Waals surface area contributed by atoms with Crippen molar-refractivity contribution in [2.75, 3.05) is 5.32 Å². The molecule has 0 saturated carbocycles. The maximum absolute atomic E-state index is 5.86. The number of benzene rings is 1. The fourth-order valence-corrected chi connectivity index (χ4v) is 2.16. The highest BCUT2D eigenvalue weighted by Crippen LogP contribution is 2.27. The van der Waals surface area contributed by atoms with Crippen molar-refractivity contribution in [3.63, 3.8) is 0 Å². The van der Waals surface area contributed by atoms with E-state index in [9.17, 15) is 0 Å². The average Bonchev–Trinajstić information content (AvgIpc) is 2.33. The number of hydrogen-bond acceptors (Lipinski definition) is 4. The molecule has 0 aliphatic heterocycles. The van der Waals surface area contributed by atoms with Crippen LogP contribution in [0.3, 0.4) is 0 Å². The normalized spacial score (nSPS) is 10.1. The Bertz CT molecular complexity index is 605. The van der Waals surface area contributed by atoms with Crippen LogP contribution in [0.4, 0.5) is 11.6 Å². The zero-order valence-corrected chi connectivity index (χ0v) is 12.2. The van der Waals surface area contributed by atoms with Gasteiger partial charge in [-0.15, -0.1) is 0 Å². The number of anilines is 2. The molecule has 0 saturated heterocycles. The number of nitrogens with one attached hydrogen (secondary N) is 1. The van der Waals surface area contributed by atoms with Crippen LogP contribution in [0.25, 0.3) is 0 Å². The first-order valence-corrected chi connectivity index (χ1v) is 6.49. The van der Waals surface area contributed by atoms with E-state index in [1.807, 2.05) is 6.07 Å². The first kappa shape index (κ1) is 13.2. The Morgan fingerprint density at radius 3 is 2.83 bits per heavy atom. The second kappa shape index (κ2) is 5.60. The smallest absolute Gasteiger partial charge is 0.227 e. The van der Waals surface area contributed by atoms with E-state index in [2.05, 4.69) is 31.2 Å². The summed E-state index contributed by atoms with van der Waals surface area (Å²) in [6.45, 7) is 0. The van der Waals surface area contributed by atoms with Gasteiger partial charge < -0.3 is 11.1 Å². The topological polar surface area (TPSA) is 63.8 Å². The molecule has 0 aliphatic carbocycles. The number of thiocarbonyl (C=S) groups is 1. The van der Waals surface area contributed by atoms with Crippen LogP contribution >= 0.6 is 39.7 Å². The molecule has 1 heterocycles. The first-order valence-electron chi connectivity index (χ1n) is 4.91. The Labute approximate surface area is 123 Å². The van der Waals surface area contributed by atoms with E-state index in [4.69, 9.17) is 29.6 Å². The van der Waals surface area contributed by atoms with Gasteiger partial charge in [-0.05, 0) is 40.2 Å². The lowest BCUT2D eigenvalue weighted by Crippen LogP contribution is -2.12. The fraction of sp³-hybridized carbons (Fsp3) is 0. The van der Waals surface area contributed by atoms with Gasteiger partial charge >= 0.3 is 0 Å². The summed E-state index contributed by atoms with van der Waals surface area (Å²) in [4.78, 5) is 8.51. The van der Waals surface area contributed by atoms with E-state index in [-0.39, 0.29) is 4.99 Å². The first-order chi connectivity index (χ1) is 8.56. The van der Waals surface area contributed by atoms with Crippen molar-refractivity contribution in [1.82, 2.24) is 9.97 Å². The highest BCUT2D eigenvalue weighted by molar-refractivity contribution is 9.10. The molecule has 0 aliphatic rings. The molecule has 0 radical (unpaired) electrons. The summed E-state index contributed by atoms with van der Waals surface area (Å²) in [6, 6.07) is 7.03. The van der Waals surface area contributed by atoms with Crippen LogP contribution < -0.4 is 11.1 Å². The molecule has 0 spiro atoms. The van der Waals surface area contributed by atoms with E-state index in [0.717, 1.165) is 10.2 Å². The SMILES string of the molecule is NC(=S)c1ccnc(Nc2ccc(Cl)cc2Br)n1. The second-order valence-corrected chi connectivity index (χ2v) is 5.11. The maximum atomic E-state index is 5.86. The summed E-state index contributed by atoms with van der Waals surface area (Å²) in [5.41, 5.74) is 6.84. The van der Waals surface area contributed by atoms with Gasteiger partial charge in [-0.25, -0.2) is 9.97 Å². The minimum absolute atomic E-state index is 0.232. The van der Waals surface area contributed by atoms with Crippen LogP contribution in [0.1, 0.15) is 5.69 Å². The van der Waals surface area contributed by atoms with E-state index in [0.29, 0.717) is 16.7 Å². The molecule has 18 heavy (non-hydrogen) atoms. The zero-order valence-electron chi connectivity index (χ0n) is 9.02. The number of hydrogen-bond donors (Lipinski definition) is 2. The van der Waals surface area contributed by atoms with Crippen LogP contribution in [0.5, 0.6) is 0 Å². The Morgan fingerprint density at radius 2 is 2.17 bits per heavy atom. The van der Waals surface area contributed by atoms with E-state index >= 15 is 0 Å². The lowest BCUT2D eigenvalue weighted by atomic mass is 10.3. The molecule has 0 amide bonds. The van der Waals surface area contributed by atoms with Gasteiger partial charge in [-0.2, -0.15) is 0 Å². The van der Waals surface area contributed by atoms with Gasteiger partial charge in [0.1, 0.15) is 10.7 Å². The van der Waals surface area contributed by atoms with Gasteiger partial charge in [0, 0.05) is 15.7 Å². The summed E-state index contributed by atoms with van der Waals surface area (Å²) < 4.78 is 0.819. The second-order valence-electron chi connectivity index (χ2n) is 3.38. The molecule has 0 fully saturated rings. The summed E-state index contributed by atoms with van der Waals surface area (Å²) in [5.74, 6) is 0.420. The third kappa shape index (κ3) is 3.16.